The van der Waals surface area contributed by atoms with E-state index >= 15 is 0 Å². The van der Waals surface area contributed by atoms with Crippen LogP contribution in [0.2, 0.25) is 0 Å². The number of aliphatic hydroxyl groups is 1. The molecule has 1 N–H and O–H groups in total. The van der Waals surface area contributed by atoms with Gasteiger partial charge in [0.25, 0.3) is 0 Å². The van der Waals surface area contributed by atoms with Crippen molar-refractivity contribution in [2.45, 2.75) is 37.6 Å². The average Bonchev–Trinajstić information content (AvgIpc) is 1.87. The number of halogens is 1. The number of carbonyl (C=O) groups excluding carboxylic acids is 1. The monoisotopic (exact) mass is 208 g/mol. The molecular weight excluding hydrogens is 196 g/mol. The normalized spacial score (nSPS) is 16.4. The van der Waals surface area contributed by atoms with Gasteiger partial charge in [-0.2, -0.15) is 0 Å². The largest absolute Gasteiger partial charge is 0.384 e. The Labute approximate surface area is 69.8 Å². The maximum atomic E-state index is 10.6. The molecule has 0 saturated heterocycles. The predicted octanol–water partition coefficient (Wildman–Crippen LogP) is 1.50. The number of ketones is 1. The molecule has 0 aromatic heterocycles. The molecule has 0 fully saturated rings. The molecule has 0 aromatic rings. The number of Topliss-reactive ketones (excluding diaryl/α,β-unsaturated/α-hetero) is 1. The highest BCUT2D eigenvalue weighted by Gasteiger charge is 2.18. The lowest BCUT2D eigenvalue weighted by Crippen LogP contribution is -2.27. The minimum atomic E-state index is -0.833. The molecular formula is C7H13BrO2. The molecule has 3 heteroatoms. The molecule has 0 rings (SSSR count). The molecule has 0 aliphatic heterocycles. The quantitative estimate of drug-likeness (QED) is 0.712. The number of hydrogen-bond donors (Lipinski definition) is 1. The van der Waals surface area contributed by atoms with Crippen molar-refractivity contribution < 1.29 is 9.90 Å². The molecule has 0 amide bonds. The standard InChI is InChI=1S/C7H13BrO2/c1-3-4-6(8)7(10)5(2)9/h6-7,10H,3-4H2,1-2H3. The predicted molar refractivity (Wildman–Crippen MR) is 44.3 cm³/mol. The van der Waals surface area contributed by atoms with E-state index in [4.69, 9.17) is 5.11 Å². The average molecular weight is 209 g/mol. The fourth-order valence-electron chi connectivity index (χ4n) is 0.688. The van der Waals surface area contributed by atoms with Crippen molar-refractivity contribution in [3.63, 3.8) is 0 Å². The molecule has 10 heavy (non-hydrogen) atoms. The number of aliphatic hydroxyl groups excluding tert-OH is 1. The Balaban J connectivity index is 3.69. The first kappa shape index (κ1) is 10.1. The van der Waals surface area contributed by atoms with Gasteiger partial charge in [0.1, 0.15) is 6.10 Å². The van der Waals surface area contributed by atoms with Crippen molar-refractivity contribution in [3.8, 4) is 0 Å². The second-order valence-electron chi connectivity index (χ2n) is 2.36. The summed E-state index contributed by atoms with van der Waals surface area (Å²) in [4.78, 5) is 10.5. The fourth-order valence-corrected chi connectivity index (χ4v) is 1.52. The van der Waals surface area contributed by atoms with E-state index in [1.807, 2.05) is 6.92 Å². The van der Waals surface area contributed by atoms with Crippen LogP contribution in [0, 0.1) is 0 Å². The van der Waals surface area contributed by atoms with E-state index in [9.17, 15) is 4.79 Å². The van der Waals surface area contributed by atoms with E-state index in [1.165, 1.54) is 6.92 Å². The zero-order valence-electron chi connectivity index (χ0n) is 6.30. The van der Waals surface area contributed by atoms with E-state index in [0.29, 0.717) is 0 Å². The van der Waals surface area contributed by atoms with Gasteiger partial charge in [0.05, 0.1) is 0 Å². The van der Waals surface area contributed by atoms with E-state index < -0.39 is 6.10 Å². The molecule has 0 bridgehead atoms. The van der Waals surface area contributed by atoms with Crippen LogP contribution in [0.25, 0.3) is 0 Å². The third-order valence-corrected chi connectivity index (χ3v) is 2.28. The summed E-state index contributed by atoms with van der Waals surface area (Å²) in [5.74, 6) is -0.171. The molecule has 2 unspecified atom stereocenters. The Morgan fingerprint density at radius 3 is 2.50 bits per heavy atom. The van der Waals surface area contributed by atoms with Crippen LogP contribution in [0.15, 0.2) is 0 Å². The smallest absolute Gasteiger partial charge is 0.159 e. The van der Waals surface area contributed by atoms with Gasteiger partial charge in [0, 0.05) is 4.83 Å². The topological polar surface area (TPSA) is 37.3 Å². The minimum absolute atomic E-state index is 0.0741. The van der Waals surface area contributed by atoms with Crippen molar-refractivity contribution in [1.29, 1.82) is 0 Å². The van der Waals surface area contributed by atoms with Gasteiger partial charge in [-0.15, -0.1) is 0 Å². The maximum Gasteiger partial charge on any atom is 0.159 e. The van der Waals surface area contributed by atoms with Crippen molar-refractivity contribution in [3.05, 3.63) is 0 Å². The van der Waals surface area contributed by atoms with Gasteiger partial charge < -0.3 is 5.11 Å². The summed E-state index contributed by atoms with van der Waals surface area (Å²) in [7, 11) is 0. The summed E-state index contributed by atoms with van der Waals surface area (Å²) >= 11 is 3.23. The Morgan fingerprint density at radius 1 is 1.70 bits per heavy atom. The lowest BCUT2D eigenvalue weighted by atomic mass is 10.1. The first-order valence-electron chi connectivity index (χ1n) is 3.42. The molecule has 0 saturated carbocycles. The minimum Gasteiger partial charge on any atom is -0.384 e. The van der Waals surface area contributed by atoms with Gasteiger partial charge in [-0.05, 0) is 13.3 Å². The number of rotatable bonds is 4. The van der Waals surface area contributed by atoms with Crippen molar-refractivity contribution in [2.24, 2.45) is 0 Å². The van der Waals surface area contributed by atoms with Crippen molar-refractivity contribution in [2.75, 3.05) is 0 Å². The summed E-state index contributed by atoms with van der Waals surface area (Å²) in [5, 5.41) is 9.13. The van der Waals surface area contributed by atoms with E-state index in [2.05, 4.69) is 15.9 Å². The molecule has 0 spiro atoms. The van der Waals surface area contributed by atoms with Crippen molar-refractivity contribution >= 4 is 21.7 Å². The fraction of sp³-hybridized carbons (Fsp3) is 0.857. The number of alkyl halides is 1. The van der Waals surface area contributed by atoms with E-state index in [0.717, 1.165) is 12.8 Å². The zero-order valence-corrected chi connectivity index (χ0v) is 7.89. The second kappa shape index (κ2) is 4.85. The van der Waals surface area contributed by atoms with Gasteiger partial charge in [-0.3, -0.25) is 4.79 Å². The highest BCUT2D eigenvalue weighted by molar-refractivity contribution is 9.09. The highest BCUT2D eigenvalue weighted by Crippen LogP contribution is 2.12. The summed E-state index contributed by atoms with van der Waals surface area (Å²) < 4.78 is 0. The van der Waals surface area contributed by atoms with Gasteiger partial charge in [-0.25, -0.2) is 0 Å². The van der Waals surface area contributed by atoms with Crippen LogP contribution in [0.4, 0.5) is 0 Å². The van der Waals surface area contributed by atoms with E-state index in [-0.39, 0.29) is 10.6 Å². The molecule has 2 atom stereocenters. The molecule has 2 nitrogen and oxygen atoms in total. The van der Waals surface area contributed by atoms with Crippen LogP contribution in [0.5, 0.6) is 0 Å². The molecule has 0 heterocycles. The van der Waals surface area contributed by atoms with Crippen LogP contribution in [-0.4, -0.2) is 21.8 Å². The van der Waals surface area contributed by atoms with Gasteiger partial charge in [0.2, 0.25) is 0 Å². The molecule has 60 valence electrons. The van der Waals surface area contributed by atoms with E-state index in [1.54, 1.807) is 0 Å². The van der Waals surface area contributed by atoms with Crippen LogP contribution in [0.1, 0.15) is 26.7 Å². The second-order valence-corrected chi connectivity index (χ2v) is 3.54. The van der Waals surface area contributed by atoms with Crippen LogP contribution in [-0.2, 0) is 4.79 Å². The third-order valence-electron chi connectivity index (χ3n) is 1.32. The van der Waals surface area contributed by atoms with Crippen molar-refractivity contribution in [1.82, 2.24) is 0 Å². The van der Waals surface area contributed by atoms with Gasteiger partial charge in [0.15, 0.2) is 5.78 Å². The SMILES string of the molecule is CCCC(Br)C(O)C(C)=O. The summed E-state index contributed by atoms with van der Waals surface area (Å²) in [6, 6.07) is 0. The van der Waals surface area contributed by atoms with Crippen LogP contribution in [0.3, 0.4) is 0 Å². The van der Waals surface area contributed by atoms with Gasteiger partial charge >= 0.3 is 0 Å². The molecule has 0 aliphatic rings. The van der Waals surface area contributed by atoms with Crippen LogP contribution >= 0.6 is 15.9 Å². The van der Waals surface area contributed by atoms with Gasteiger partial charge in [-0.1, -0.05) is 29.3 Å². The lowest BCUT2D eigenvalue weighted by molar-refractivity contribution is -0.124. The number of carbonyl (C=O) groups is 1. The third kappa shape index (κ3) is 3.32. The zero-order chi connectivity index (χ0) is 8.15. The molecule has 0 aliphatic carbocycles. The highest BCUT2D eigenvalue weighted by atomic mass is 79.9. The Bertz CT molecular complexity index is 114. The molecule has 0 radical (unpaired) electrons. The summed E-state index contributed by atoms with van der Waals surface area (Å²) in [5.41, 5.74) is 0. The number of hydrogen-bond acceptors (Lipinski definition) is 2. The maximum absolute atomic E-state index is 10.6. The Morgan fingerprint density at radius 2 is 2.20 bits per heavy atom. The lowest BCUT2D eigenvalue weighted by Gasteiger charge is -2.12. The van der Waals surface area contributed by atoms with Crippen LogP contribution < -0.4 is 0 Å². The summed E-state index contributed by atoms with van der Waals surface area (Å²) in [6.45, 7) is 3.41. The first-order valence-corrected chi connectivity index (χ1v) is 4.33. The Hall–Kier alpha value is 0.110. The first-order chi connectivity index (χ1) is 4.59. The summed E-state index contributed by atoms with van der Waals surface area (Å²) in [6.07, 6.45) is 0.973. The Kier molecular flexibility index (Phi) is 4.91. The molecule has 0 aromatic carbocycles.